The highest BCUT2D eigenvalue weighted by Gasteiger charge is 2.21. The van der Waals surface area contributed by atoms with Gasteiger partial charge in [-0.2, -0.15) is 0 Å². The van der Waals surface area contributed by atoms with Gasteiger partial charge < -0.3 is 10.5 Å². The van der Waals surface area contributed by atoms with Gasteiger partial charge in [-0.05, 0) is 39.5 Å². The molecule has 0 aromatic carbocycles. The van der Waals surface area contributed by atoms with Gasteiger partial charge in [0, 0.05) is 12.1 Å². The molecule has 1 heterocycles. The summed E-state index contributed by atoms with van der Waals surface area (Å²) in [4.78, 5) is 0. The summed E-state index contributed by atoms with van der Waals surface area (Å²) in [6.45, 7) is 5.05. The standard InChI is InChI=1S/C9H19NO/c1-9(2,10)7-8-5-3-4-6-11-8/h8H,3-7,10H2,1-2H3. The Balaban J connectivity index is 2.24. The van der Waals surface area contributed by atoms with Gasteiger partial charge in [-0.25, -0.2) is 0 Å². The Morgan fingerprint density at radius 3 is 2.64 bits per heavy atom. The first-order chi connectivity index (χ1) is 5.08. The number of hydrogen-bond donors (Lipinski definition) is 1. The zero-order valence-electron chi connectivity index (χ0n) is 7.60. The van der Waals surface area contributed by atoms with Crippen LogP contribution in [-0.2, 0) is 4.74 Å². The number of nitrogens with two attached hydrogens (primary N) is 1. The highest BCUT2D eigenvalue weighted by molar-refractivity contribution is 4.78. The lowest BCUT2D eigenvalue weighted by molar-refractivity contribution is 0.00109. The summed E-state index contributed by atoms with van der Waals surface area (Å²) >= 11 is 0. The fourth-order valence-corrected chi connectivity index (χ4v) is 1.56. The minimum Gasteiger partial charge on any atom is -0.378 e. The zero-order valence-corrected chi connectivity index (χ0v) is 7.60. The van der Waals surface area contributed by atoms with Crippen molar-refractivity contribution in [3.05, 3.63) is 0 Å². The molecule has 0 spiro atoms. The van der Waals surface area contributed by atoms with E-state index in [2.05, 4.69) is 13.8 Å². The molecule has 0 bridgehead atoms. The van der Waals surface area contributed by atoms with E-state index in [0.717, 1.165) is 13.0 Å². The lowest BCUT2D eigenvalue weighted by atomic mass is 9.94. The van der Waals surface area contributed by atoms with Crippen LogP contribution in [0, 0.1) is 0 Å². The van der Waals surface area contributed by atoms with Crippen molar-refractivity contribution >= 4 is 0 Å². The van der Waals surface area contributed by atoms with Gasteiger partial charge in [-0.1, -0.05) is 0 Å². The second kappa shape index (κ2) is 3.55. The Hall–Kier alpha value is -0.0800. The van der Waals surface area contributed by atoms with E-state index in [0.29, 0.717) is 6.10 Å². The smallest absolute Gasteiger partial charge is 0.0592 e. The van der Waals surface area contributed by atoms with Gasteiger partial charge >= 0.3 is 0 Å². The van der Waals surface area contributed by atoms with Gasteiger partial charge in [-0.3, -0.25) is 0 Å². The molecule has 0 aromatic heterocycles. The molecule has 0 radical (unpaired) electrons. The maximum Gasteiger partial charge on any atom is 0.0592 e. The Kier molecular flexibility index (Phi) is 2.90. The molecule has 2 heteroatoms. The van der Waals surface area contributed by atoms with Crippen molar-refractivity contribution in [3.8, 4) is 0 Å². The molecule has 1 rings (SSSR count). The summed E-state index contributed by atoms with van der Waals surface area (Å²) in [6, 6.07) is 0. The molecule has 1 unspecified atom stereocenters. The van der Waals surface area contributed by atoms with Gasteiger partial charge in [0.05, 0.1) is 6.10 Å². The molecular weight excluding hydrogens is 138 g/mol. The molecule has 0 amide bonds. The van der Waals surface area contributed by atoms with Crippen LogP contribution < -0.4 is 5.73 Å². The zero-order chi connectivity index (χ0) is 8.32. The van der Waals surface area contributed by atoms with E-state index in [1.165, 1.54) is 19.3 Å². The molecule has 0 aliphatic carbocycles. The topological polar surface area (TPSA) is 35.2 Å². The molecule has 1 aliphatic rings. The van der Waals surface area contributed by atoms with Crippen LogP contribution in [0.15, 0.2) is 0 Å². The maximum atomic E-state index is 5.89. The van der Waals surface area contributed by atoms with Crippen molar-refractivity contribution in [3.63, 3.8) is 0 Å². The first-order valence-corrected chi connectivity index (χ1v) is 4.48. The molecule has 1 fully saturated rings. The van der Waals surface area contributed by atoms with Gasteiger partial charge in [0.2, 0.25) is 0 Å². The van der Waals surface area contributed by atoms with Crippen molar-refractivity contribution in [1.82, 2.24) is 0 Å². The molecule has 66 valence electrons. The van der Waals surface area contributed by atoms with Crippen LogP contribution in [-0.4, -0.2) is 18.2 Å². The van der Waals surface area contributed by atoms with Crippen LogP contribution in [0.2, 0.25) is 0 Å². The fraction of sp³-hybridized carbons (Fsp3) is 1.00. The summed E-state index contributed by atoms with van der Waals surface area (Å²) in [5.41, 5.74) is 5.82. The second-order valence-corrected chi connectivity index (χ2v) is 4.18. The molecule has 2 N–H and O–H groups in total. The molecule has 1 aliphatic heterocycles. The molecule has 0 aromatic rings. The van der Waals surface area contributed by atoms with E-state index >= 15 is 0 Å². The third-order valence-electron chi connectivity index (χ3n) is 2.03. The molecule has 1 saturated heterocycles. The number of rotatable bonds is 2. The van der Waals surface area contributed by atoms with Crippen LogP contribution in [0.5, 0.6) is 0 Å². The summed E-state index contributed by atoms with van der Waals surface area (Å²) in [6.07, 6.45) is 5.14. The van der Waals surface area contributed by atoms with Crippen LogP contribution in [0.4, 0.5) is 0 Å². The Labute approximate surface area is 69.1 Å². The van der Waals surface area contributed by atoms with Gasteiger partial charge in [0.25, 0.3) is 0 Å². The monoisotopic (exact) mass is 157 g/mol. The predicted molar refractivity (Wildman–Crippen MR) is 46.5 cm³/mol. The maximum absolute atomic E-state index is 5.89. The first-order valence-electron chi connectivity index (χ1n) is 4.48. The predicted octanol–water partition coefficient (Wildman–Crippen LogP) is 1.68. The van der Waals surface area contributed by atoms with Gasteiger partial charge in [0.15, 0.2) is 0 Å². The Morgan fingerprint density at radius 2 is 2.18 bits per heavy atom. The highest BCUT2D eigenvalue weighted by Crippen LogP contribution is 2.20. The summed E-state index contributed by atoms with van der Waals surface area (Å²) in [5.74, 6) is 0. The van der Waals surface area contributed by atoms with Crippen LogP contribution in [0.25, 0.3) is 0 Å². The van der Waals surface area contributed by atoms with Crippen LogP contribution in [0.1, 0.15) is 39.5 Å². The quantitative estimate of drug-likeness (QED) is 0.662. The Morgan fingerprint density at radius 1 is 1.45 bits per heavy atom. The normalized spacial score (nSPS) is 27.0. The minimum atomic E-state index is -0.0675. The van der Waals surface area contributed by atoms with E-state index in [4.69, 9.17) is 10.5 Å². The fourth-order valence-electron chi connectivity index (χ4n) is 1.56. The Bertz CT molecular complexity index is 111. The second-order valence-electron chi connectivity index (χ2n) is 4.18. The van der Waals surface area contributed by atoms with Crippen LogP contribution in [0.3, 0.4) is 0 Å². The largest absolute Gasteiger partial charge is 0.378 e. The van der Waals surface area contributed by atoms with Crippen LogP contribution >= 0.6 is 0 Å². The van der Waals surface area contributed by atoms with Crippen molar-refractivity contribution in [2.45, 2.75) is 51.2 Å². The molecule has 1 atom stereocenters. The van der Waals surface area contributed by atoms with Gasteiger partial charge in [-0.15, -0.1) is 0 Å². The van der Waals surface area contributed by atoms with E-state index < -0.39 is 0 Å². The van der Waals surface area contributed by atoms with E-state index in [-0.39, 0.29) is 5.54 Å². The summed E-state index contributed by atoms with van der Waals surface area (Å²) < 4.78 is 5.57. The average molecular weight is 157 g/mol. The molecular formula is C9H19NO. The molecule has 2 nitrogen and oxygen atoms in total. The van der Waals surface area contributed by atoms with Crippen molar-refractivity contribution < 1.29 is 4.74 Å². The summed E-state index contributed by atoms with van der Waals surface area (Å²) in [5, 5.41) is 0. The average Bonchev–Trinajstić information content (AvgIpc) is 1.85. The molecule has 0 saturated carbocycles. The van der Waals surface area contributed by atoms with E-state index in [1.807, 2.05) is 0 Å². The lowest BCUT2D eigenvalue weighted by Crippen LogP contribution is -2.38. The van der Waals surface area contributed by atoms with Crippen molar-refractivity contribution in [2.24, 2.45) is 5.73 Å². The SMILES string of the molecule is CC(C)(N)CC1CCCCO1. The van der Waals surface area contributed by atoms with Gasteiger partial charge in [0.1, 0.15) is 0 Å². The van der Waals surface area contributed by atoms with E-state index in [9.17, 15) is 0 Å². The minimum absolute atomic E-state index is 0.0675. The van der Waals surface area contributed by atoms with Crippen molar-refractivity contribution in [2.75, 3.05) is 6.61 Å². The van der Waals surface area contributed by atoms with E-state index in [1.54, 1.807) is 0 Å². The third-order valence-corrected chi connectivity index (χ3v) is 2.03. The highest BCUT2D eigenvalue weighted by atomic mass is 16.5. The lowest BCUT2D eigenvalue weighted by Gasteiger charge is -2.28. The number of hydrogen-bond acceptors (Lipinski definition) is 2. The third kappa shape index (κ3) is 3.73. The number of ether oxygens (including phenoxy) is 1. The van der Waals surface area contributed by atoms with Crippen molar-refractivity contribution in [1.29, 1.82) is 0 Å². The summed E-state index contributed by atoms with van der Waals surface area (Å²) in [7, 11) is 0. The molecule has 11 heavy (non-hydrogen) atoms. The first kappa shape index (κ1) is 9.01.